The summed E-state index contributed by atoms with van der Waals surface area (Å²) >= 11 is 0. The number of hydrogen-bond donors (Lipinski definition) is 1. The number of carbonyl (C=O) groups excluding carboxylic acids is 1. The third kappa shape index (κ3) is 4.89. The third-order valence-electron chi connectivity index (χ3n) is 3.36. The summed E-state index contributed by atoms with van der Waals surface area (Å²) < 4.78 is 28.5. The number of sulfone groups is 1. The van der Waals surface area contributed by atoms with Crippen molar-refractivity contribution in [2.75, 3.05) is 11.6 Å². The van der Waals surface area contributed by atoms with Crippen molar-refractivity contribution >= 4 is 21.4 Å². The van der Waals surface area contributed by atoms with Gasteiger partial charge in [0.1, 0.15) is 0 Å². The van der Waals surface area contributed by atoms with Crippen molar-refractivity contribution in [3.63, 3.8) is 0 Å². The Balaban J connectivity index is 1.90. The van der Waals surface area contributed by atoms with Crippen molar-refractivity contribution in [2.24, 2.45) is 0 Å². The number of amides is 1. The maximum Gasteiger partial charge on any atom is 0.226 e. The highest BCUT2D eigenvalue weighted by Crippen LogP contribution is 2.21. The summed E-state index contributed by atoms with van der Waals surface area (Å²) in [7, 11) is -3.40. The molecule has 7 nitrogen and oxygen atoms in total. The predicted molar refractivity (Wildman–Crippen MR) is 89.5 cm³/mol. The summed E-state index contributed by atoms with van der Waals surface area (Å²) in [5.41, 5.74) is 0.296. The van der Waals surface area contributed by atoms with E-state index in [1.165, 1.54) is 6.07 Å². The van der Waals surface area contributed by atoms with Crippen LogP contribution in [0.15, 0.2) is 33.7 Å². The Hall–Kier alpha value is -2.22. The average molecular weight is 351 g/mol. The topological polar surface area (TPSA) is 102 Å². The number of anilines is 1. The summed E-state index contributed by atoms with van der Waals surface area (Å²) in [6.45, 7) is 3.95. The molecular weight excluding hydrogens is 330 g/mol. The van der Waals surface area contributed by atoms with E-state index in [0.29, 0.717) is 30.2 Å². The Morgan fingerprint density at radius 2 is 2.00 bits per heavy atom. The first-order chi connectivity index (χ1) is 11.3. The van der Waals surface area contributed by atoms with Crippen LogP contribution in [0.25, 0.3) is 0 Å². The second kappa shape index (κ2) is 7.57. The monoisotopic (exact) mass is 351 g/mol. The minimum atomic E-state index is -3.40. The van der Waals surface area contributed by atoms with Gasteiger partial charge in [-0.05, 0) is 18.6 Å². The Morgan fingerprint density at radius 1 is 1.29 bits per heavy atom. The normalized spacial score (nSPS) is 11.7. The number of para-hydroxylation sites is 1. The van der Waals surface area contributed by atoms with Crippen molar-refractivity contribution in [2.45, 2.75) is 43.9 Å². The Kier molecular flexibility index (Phi) is 5.71. The number of carbonyl (C=O) groups is 1. The van der Waals surface area contributed by atoms with Crippen LogP contribution in [0.5, 0.6) is 0 Å². The zero-order chi connectivity index (χ0) is 17.7. The Bertz CT molecular complexity index is 812. The molecule has 0 fully saturated rings. The molecule has 0 radical (unpaired) electrons. The predicted octanol–water partition coefficient (Wildman–Crippen LogP) is 2.56. The van der Waals surface area contributed by atoms with Crippen molar-refractivity contribution in [3.05, 3.63) is 36.0 Å². The fourth-order valence-corrected chi connectivity index (χ4v) is 2.95. The van der Waals surface area contributed by atoms with Gasteiger partial charge in [-0.3, -0.25) is 4.79 Å². The fraction of sp³-hybridized carbons (Fsp3) is 0.438. The second-order valence-electron chi connectivity index (χ2n) is 5.87. The van der Waals surface area contributed by atoms with E-state index in [4.69, 9.17) is 4.52 Å². The molecule has 0 saturated heterocycles. The number of rotatable bonds is 7. The first-order valence-electron chi connectivity index (χ1n) is 7.69. The van der Waals surface area contributed by atoms with E-state index in [0.717, 1.165) is 6.26 Å². The van der Waals surface area contributed by atoms with Crippen LogP contribution < -0.4 is 5.32 Å². The molecule has 0 saturated carbocycles. The lowest BCUT2D eigenvalue weighted by molar-refractivity contribution is -0.116. The van der Waals surface area contributed by atoms with Crippen LogP contribution in [0.4, 0.5) is 5.69 Å². The van der Waals surface area contributed by atoms with E-state index in [1.54, 1.807) is 18.2 Å². The molecule has 1 N–H and O–H groups in total. The van der Waals surface area contributed by atoms with Crippen LogP contribution >= 0.6 is 0 Å². The molecule has 1 amide bonds. The van der Waals surface area contributed by atoms with Gasteiger partial charge in [0.2, 0.25) is 11.8 Å². The van der Waals surface area contributed by atoms with Gasteiger partial charge in [0, 0.05) is 25.0 Å². The van der Waals surface area contributed by atoms with E-state index >= 15 is 0 Å². The van der Waals surface area contributed by atoms with E-state index in [-0.39, 0.29) is 23.1 Å². The van der Waals surface area contributed by atoms with Crippen LogP contribution in [0.3, 0.4) is 0 Å². The highest BCUT2D eigenvalue weighted by Gasteiger charge is 2.15. The molecule has 0 aliphatic carbocycles. The second-order valence-corrected chi connectivity index (χ2v) is 7.86. The van der Waals surface area contributed by atoms with Crippen molar-refractivity contribution in [3.8, 4) is 0 Å². The quantitative estimate of drug-likeness (QED) is 0.822. The lowest BCUT2D eigenvalue weighted by Gasteiger charge is -2.09. The van der Waals surface area contributed by atoms with Gasteiger partial charge in [0.25, 0.3) is 0 Å². The Labute approximate surface area is 141 Å². The van der Waals surface area contributed by atoms with E-state index in [1.807, 2.05) is 13.8 Å². The average Bonchev–Trinajstić information content (AvgIpc) is 2.96. The molecule has 0 unspecified atom stereocenters. The van der Waals surface area contributed by atoms with Gasteiger partial charge in [-0.15, -0.1) is 0 Å². The smallest absolute Gasteiger partial charge is 0.226 e. The van der Waals surface area contributed by atoms with E-state index in [9.17, 15) is 13.2 Å². The molecule has 8 heteroatoms. The number of nitrogens with one attached hydrogen (secondary N) is 1. The van der Waals surface area contributed by atoms with Gasteiger partial charge >= 0.3 is 0 Å². The molecule has 1 aromatic heterocycles. The summed E-state index contributed by atoms with van der Waals surface area (Å²) in [4.78, 5) is 16.4. The molecule has 130 valence electrons. The molecule has 24 heavy (non-hydrogen) atoms. The maximum atomic E-state index is 12.0. The van der Waals surface area contributed by atoms with Crippen LogP contribution in [-0.2, 0) is 21.1 Å². The standard InChI is InChI=1S/C16H21N3O4S/c1-11(2)16-18-15(23-19-16)10-6-9-14(20)17-12-7-4-5-8-13(12)24(3,21)22/h4-5,7-8,11H,6,9-10H2,1-3H3,(H,17,20). The van der Waals surface area contributed by atoms with Gasteiger partial charge in [0.05, 0.1) is 10.6 Å². The molecule has 0 bridgehead atoms. The number of aromatic nitrogens is 2. The van der Waals surface area contributed by atoms with Crippen molar-refractivity contribution in [1.29, 1.82) is 0 Å². The van der Waals surface area contributed by atoms with Crippen molar-refractivity contribution < 1.29 is 17.7 Å². The zero-order valence-corrected chi connectivity index (χ0v) is 14.8. The lowest BCUT2D eigenvalue weighted by atomic mass is 10.2. The van der Waals surface area contributed by atoms with Gasteiger partial charge in [0.15, 0.2) is 15.7 Å². The Morgan fingerprint density at radius 3 is 2.62 bits per heavy atom. The molecule has 0 aliphatic rings. The number of hydrogen-bond acceptors (Lipinski definition) is 6. The largest absolute Gasteiger partial charge is 0.339 e. The molecule has 1 aromatic carbocycles. The van der Waals surface area contributed by atoms with Gasteiger partial charge in [-0.1, -0.05) is 31.1 Å². The fourth-order valence-electron chi connectivity index (χ4n) is 2.11. The molecule has 2 rings (SSSR count). The zero-order valence-electron chi connectivity index (χ0n) is 13.9. The highest BCUT2D eigenvalue weighted by atomic mass is 32.2. The number of aryl methyl sites for hydroxylation is 1. The number of benzene rings is 1. The van der Waals surface area contributed by atoms with Crippen LogP contribution in [0, 0.1) is 0 Å². The molecule has 0 atom stereocenters. The molecule has 0 aliphatic heterocycles. The summed E-state index contributed by atoms with van der Waals surface area (Å²) in [6, 6.07) is 6.34. The van der Waals surface area contributed by atoms with Crippen LogP contribution in [0.1, 0.15) is 44.3 Å². The van der Waals surface area contributed by atoms with Crippen molar-refractivity contribution in [1.82, 2.24) is 10.1 Å². The number of nitrogens with zero attached hydrogens (tertiary/aromatic N) is 2. The lowest BCUT2D eigenvalue weighted by Crippen LogP contribution is -2.14. The van der Waals surface area contributed by atoms with Gasteiger partial charge in [-0.2, -0.15) is 4.98 Å². The summed E-state index contributed by atoms with van der Waals surface area (Å²) in [5.74, 6) is 1.09. The SMILES string of the molecule is CC(C)c1noc(CCCC(=O)Nc2ccccc2S(C)(=O)=O)n1. The minimum Gasteiger partial charge on any atom is -0.339 e. The maximum absolute atomic E-state index is 12.0. The molecule has 1 heterocycles. The van der Waals surface area contributed by atoms with Crippen LogP contribution in [0.2, 0.25) is 0 Å². The molecule has 0 spiro atoms. The summed E-state index contributed by atoms with van der Waals surface area (Å²) in [6.07, 6.45) is 2.38. The first-order valence-corrected chi connectivity index (χ1v) is 9.58. The first kappa shape index (κ1) is 18.1. The van der Waals surface area contributed by atoms with E-state index in [2.05, 4.69) is 15.5 Å². The van der Waals surface area contributed by atoms with Gasteiger partial charge in [-0.25, -0.2) is 8.42 Å². The highest BCUT2D eigenvalue weighted by molar-refractivity contribution is 7.90. The minimum absolute atomic E-state index is 0.108. The molecular formula is C16H21N3O4S. The van der Waals surface area contributed by atoms with E-state index < -0.39 is 9.84 Å². The summed E-state index contributed by atoms with van der Waals surface area (Å²) in [5, 5.41) is 6.51. The van der Waals surface area contributed by atoms with Crippen LogP contribution in [-0.4, -0.2) is 30.7 Å². The van der Waals surface area contributed by atoms with Gasteiger partial charge < -0.3 is 9.84 Å². The third-order valence-corrected chi connectivity index (χ3v) is 4.51. The molecule has 2 aromatic rings.